The fourth-order valence-corrected chi connectivity index (χ4v) is 2.02. The van der Waals surface area contributed by atoms with Crippen molar-refractivity contribution in [2.24, 2.45) is 0 Å². The number of alkyl halides is 3. The maximum Gasteiger partial charge on any atom is 0.441 e. The highest BCUT2D eigenvalue weighted by atomic mass is 32.2. The van der Waals surface area contributed by atoms with Crippen LogP contribution in [0.15, 0.2) is 18.2 Å². The minimum Gasteiger partial charge on any atom is -0.493 e. The van der Waals surface area contributed by atoms with Crippen LogP contribution in [0.2, 0.25) is 0 Å². The summed E-state index contributed by atoms with van der Waals surface area (Å²) in [6, 6.07) is 5.41. The van der Waals surface area contributed by atoms with Gasteiger partial charge in [-0.2, -0.15) is 13.2 Å². The minimum absolute atomic E-state index is 0.00186. The molecule has 0 amide bonds. The molecule has 0 saturated carbocycles. The lowest BCUT2D eigenvalue weighted by Crippen LogP contribution is -2.11. The molecule has 1 aromatic carbocycles. The van der Waals surface area contributed by atoms with Gasteiger partial charge in [0.25, 0.3) is 0 Å². The number of benzene rings is 1. The van der Waals surface area contributed by atoms with Gasteiger partial charge in [0.1, 0.15) is 11.5 Å². The van der Waals surface area contributed by atoms with Crippen LogP contribution >= 0.6 is 11.8 Å². The third kappa shape index (κ3) is 7.47. The zero-order valence-electron chi connectivity index (χ0n) is 12.1. The van der Waals surface area contributed by atoms with E-state index in [1.165, 1.54) is 0 Å². The zero-order valence-corrected chi connectivity index (χ0v) is 12.9. The maximum atomic E-state index is 12.1. The fraction of sp³-hybridized carbons (Fsp3) is 0.571. The molecule has 0 spiro atoms. The van der Waals surface area contributed by atoms with Crippen LogP contribution in [0.4, 0.5) is 13.2 Å². The Bertz CT molecular complexity index is 427. The van der Waals surface area contributed by atoms with Crippen molar-refractivity contribution in [3.8, 4) is 11.5 Å². The van der Waals surface area contributed by atoms with Crippen LogP contribution < -0.4 is 14.8 Å². The average molecular weight is 323 g/mol. The van der Waals surface area contributed by atoms with Gasteiger partial charge in [0.05, 0.1) is 13.2 Å². The minimum atomic E-state index is -4.22. The first-order valence-electron chi connectivity index (χ1n) is 6.70. The molecule has 0 aromatic heterocycles. The molecule has 1 N–H and O–H groups in total. The van der Waals surface area contributed by atoms with E-state index in [1.54, 1.807) is 13.1 Å². The van der Waals surface area contributed by atoms with Gasteiger partial charge in [0.15, 0.2) is 0 Å². The van der Waals surface area contributed by atoms with Gasteiger partial charge in [0, 0.05) is 23.9 Å². The van der Waals surface area contributed by atoms with Crippen molar-refractivity contribution in [2.45, 2.75) is 25.4 Å². The summed E-state index contributed by atoms with van der Waals surface area (Å²) in [5.74, 6) is 1.08. The molecule has 0 aliphatic rings. The number of ether oxygens (including phenoxy) is 2. The highest BCUT2D eigenvalue weighted by molar-refractivity contribution is 8.00. The van der Waals surface area contributed by atoms with Gasteiger partial charge in [-0.1, -0.05) is 13.0 Å². The Kier molecular flexibility index (Phi) is 7.74. The Hall–Kier alpha value is -1.08. The van der Waals surface area contributed by atoms with E-state index in [0.29, 0.717) is 24.7 Å². The quantitative estimate of drug-likeness (QED) is 0.700. The molecule has 0 radical (unpaired) electrons. The largest absolute Gasteiger partial charge is 0.493 e. The van der Waals surface area contributed by atoms with Crippen LogP contribution in [0.5, 0.6) is 11.5 Å². The summed E-state index contributed by atoms with van der Waals surface area (Å²) in [6.45, 7) is 3.17. The van der Waals surface area contributed by atoms with Crippen LogP contribution in [0.3, 0.4) is 0 Å². The van der Waals surface area contributed by atoms with Gasteiger partial charge in [0.2, 0.25) is 0 Å². The van der Waals surface area contributed by atoms with Crippen molar-refractivity contribution >= 4 is 11.8 Å². The molecule has 0 atom stereocenters. The topological polar surface area (TPSA) is 30.5 Å². The van der Waals surface area contributed by atoms with Gasteiger partial charge in [-0.05, 0) is 31.3 Å². The molecule has 7 heteroatoms. The molecule has 0 aliphatic heterocycles. The molecule has 3 nitrogen and oxygen atoms in total. The van der Waals surface area contributed by atoms with Gasteiger partial charge >= 0.3 is 5.51 Å². The fourth-order valence-electron chi connectivity index (χ4n) is 1.62. The first kappa shape index (κ1) is 18.0. The Morgan fingerprint density at radius 3 is 2.57 bits per heavy atom. The SMILES string of the molecule is CCCOc1ccc(CNC)c(OCCSC(F)(F)F)c1. The second-order valence-electron chi connectivity index (χ2n) is 4.29. The number of hydrogen-bond acceptors (Lipinski definition) is 4. The lowest BCUT2D eigenvalue weighted by molar-refractivity contribution is -0.0329. The third-order valence-electron chi connectivity index (χ3n) is 2.49. The average Bonchev–Trinajstić information content (AvgIpc) is 2.42. The van der Waals surface area contributed by atoms with E-state index in [2.05, 4.69) is 5.32 Å². The number of hydrogen-bond donors (Lipinski definition) is 1. The number of thioether (sulfide) groups is 1. The summed E-state index contributed by atoms with van der Waals surface area (Å²) in [5.41, 5.74) is -3.33. The lowest BCUT2D eigenvalue weighted by atomic mass is 10.2. The molecule has 0 fully saturated rings. The Morgan fingerprint density at radius 2 is 1.95 bits per heavy atom. The second-order valence-corrected chi connectivity index (χ2v) is 5.45. The summed E-state index contributed by atoms with van der Waals surface area (Å²) in [6.07, 6.45) is 0.886. The van der Waals surface area contributed by atoms with Gasteiger partial charge in [-0.25, -0.2) is 0 Å². The lowest BCUT2D eigenvalue weighted by Gasteiger charge is -2.14. The summed E-state index contributed by atoms with van der Waals surface area (Å²) in [4.78, 5) is 0. The summed E-state index contributed by atoms with van der Waals surface area (Å²) in [7, 11) is 1.80. The van der Waals surface area contributed by atoms with Gasteiger partial charge in [-0.3, -0.25) is 0 Å². The van der Waals surface area contributed by atoms with Gasteiger partial charge < -0.3 is 14.8 Å². The number of halogens is 3. The molecule has 0 saturated heterocycles. The molecular weight excluding hydrogens is 303 g/mol. The molecular formula is C14H20F3NO2S. The molecule has 120 valence electrons. The van der Waals surface area contributed by atoms with Crippen molar-refractivity contribution in [3.05, 3.63) is 23.8 Å². The maximum absolute atomic E-state index is 12.1. The highest BCUT2D eigenvalue weighted by Crippen LogP contribution is 2.30. The molecule has 1 aromatic rings. The molecule has 0 unspecified atom stereocenters. The summed E-state index contributed by atoms with van der Waals surface area (Å²) >= 11 is -0.0818. The van der Waals surface area contributed by atoms with Crippen LogP contribution in [-0.4, -0.2) is 31.5 Å². The first-order valence-corrected chi connectivity index (χ1v) is 7.68. The van der Waals surface area contributed by atoms with Crippen molar-refractivity contribution in [1.82, 2.24) is 5.32 Å². The Labute approximate surface area is 127 Å². The van der Waals surface area contributed by atoms with Crippen molar-refractivity contribution in [2.75, 3.05) is 26.0 Å². The van der Waals surface area contributed by atoms with Crippen LogP contribution in [0, 0.1) is 0 Å². The molecule has 0 heterocycles. The summed E-state index contributed by atoms with van der Waals surface area (Å²) < 4.78 is 47.2. The normalized spacial score (nSPS) is 11.5. The van der Waals surface area contributed by atoms with Gasteiger partial charge in [-0.15, -0.1) is 0 Å². The second kappa shape index (κ2) is 9.04. The van der Waals surface area contributed by atoms with Crippen molar-refractivity contribution in [3.63, 3.8) is 0 Å². The van der Waals surface area contributed by atoms with E-state index in [1.807, 2.05) is 19.1 Å². The predicted octanol–water partition coefficient (Wildman–Crippen LogP) is 3.83. The molecule has 0 bridgehead atoms. The van der Waals surface area contributed by atoms with E-state index in [9.17, 15) is 13.2 Å². The molecule has 0 aliphatic carbocycles. The standard InChI is InChI=1S/C14H20F3NO2S/c1-3-6-19-12-5-4-11(10-18-2)13(9-12)20-7-8-21-14(15,16)17/h4-5,9,18H,3,6-8,10H2,1-2H3. The smallest absolute Gasteiger partial charge is 0.441 e. The van der Waals surface area contributed by atoms with E-state index in [0.717, 1.165) is 12.0 Å². The third-order valence-corrected chi connectivity index (χ3v) is 3.18. The van der Waals surface area contributed by atoms with E-state index < -0.39 is 5.51 Å². The Balaban J connectivity index is 2.62. The number of nitrogens with one attached hydrogen (secondary N) is 1. The van der Waals surface area contributed by atoms with Crippen LogP contribution in [-0.2, 0) is 6.54 Å². The Morgan fingerprint density at radius 1 is 1.19 bits per heavy atom. The highest BCUT2D eigenvalue weighted by Gasteiger charge is 2.27. The number of rotatable bonds is 9. The molecule has 21 heavy (non-hydrogen) atoms. The van der Waals surface area contributed by atoms with Crippen LogP contribution in [0.25, 0.3) is 0 Å². The monoisotopic (exact) mass is 323 g/mol. The zero-order chi connectivity index (χ0) is 15.7. The van der Waals surface area contributed by atoms with E-state index in [-0.39, 0.29) is 24.1 Å². The molecule has 1 rings (SSSR count). The van der Waals surface area contributed by atoms with Crippen molar-refractivity contribution in [1.29, 1.82) is 0 Å². The first-order chi connectivity index (χ1) is 9.96. The van der Waals surface area contributed by atoms with Crippen LogP contribution in [0.1, 0.15) is 18.9 Å². The predicted molar refractivity (Wildman–Crippen MR) is 79.0 cm³/mol. The van der Waals surface area contributed by atoms with E-state index in [4.69, 9.17) is 9.47 Å². The van der Waals surface area contributed by atoms with Crippen molar-refractivity contribution < 1.29 is 22.6 Å². The van der Waals surface area contributed by atoms with E-state index >= 15 is 0 Å². The summed E-state index contributed by atoms with van der Waals surface area (Å²) in [5, 5.41) is 3.00.